The van der Waals surface area contributed by atoms with Crippen LogP contribution in [-0.4, -0.2) is 42.8 Å². The molecule has 35 heavy (non-hydrogen) atoms. The number of fused-ring (bicyclic) bond motifs is 1. The molecule has 0 bridgehead atoms. The Morgan fingerprint density at radius 3 is 2.57 bits per heavy atom. The third-order valence-electron chi connectivity index (χ3n) is 6.16. The van der Waals surface area contributed by atoms with Crippen molar-refractivity contribution >= 4 is 23.2 Å². The van der Waals surface area contributed by atoms with Gasteiger partial charge in [0, 0.05) is 29.6 Å². The minimum absolute atomic E-state index is 0.00747. The van der Waals surface area contributed by atoms with E-state index in [-0.39, 0.29) is 23.8 Å². The topological polar surface area (TPSA) is 80.2 Å². The SMILES string of the molecule is COc1cccc(NC(=O)C#Cc2cc(C3=NN(C(C)C)C(=O)[C@@H]4CC=CC[C@H]34)ccc2OC)c1. The van der Waals surface area contributed by atoms with Crippen molar-refractivity contribution in [2.75, 3.05) is 19.5 Å². The molecule has 0 radical (unpaired) electrons. The fraction of sp³-hybridized carbons (Fsp3) is 0.321. The molecular formula is C28H29N3O4. The van der Waals surface area contributed by atoms with Crippen molar-refractivity contribution in [3.8, 4) is 23.3 Å². The van der Waals surface area contributed by atoms with Crippen molar-refractivity contribution in [2.24, 2.45) is 16.9 Å². The lowest BCUT2D eigenvalue weighted by Gasteiger charge is -2.38. The molecule has 2 aliphatic rings. The van der Waals surface area contributed by atoms with Gasteiger partial charge in [-0.25, -0.2) is 5.01 Å². The Balaban J connectivity index is 1.65. The molecule has 1 aliphatic carbocycles. The molecule has 2 aromatic carbocycles. The van der Waals surface area contributed by atoms with Crippen LogP contribution in [0.15, 0.2) is 59.7 Å². The minimum Gasteiger partial charge on any atom is -0.497 e. The van der Waals surface area contributed by atoms with E-state index in [1.165, 1.54) is 0 Å². The number of hydrazone groups is 1. The second-order valence-electron chi connectivity index (χ2n) is 8.77. The van der Waals surface area contributed by atoms with Crippen molar-refractivity contribution in [1.29, 1.82) is 0 Å². The fourth-order valence-corrected chi connectivity index (χ4v) is 4.39. The van der Waals surface area contributed by atoms with Crippen molar-refractivity contribution in [3.63, 3.8) is 0 Å². The first kappa shape index (κ1) is 24.1. The molecule has 0 unspecified atom stereocenters. The van der Waals surface area contributed by atoms with Crippen LogP contribution < -0.4 is 14.8 Å². The number of methoxy groups -OCH3 is 2. The summed E-state index contributed by atoms with van der Waals surface area (Å²) in [6.07, 6.45) is 5.66. The molecule has 180 valence electrons. The molecule has 4 rings (SSSR count). The summed E-state index contributed by atoms with van der Waals surface area (Å²) in [7, 11) is 3.13. The third kappa shape index (κ3) is 5.22. The lowest BCUT2D eigenvalue weighted by atomic mass is 9.76. The summed E-state index contributed by atoms with van der Waals surface area (Å²) >= 11 is 0. The molecule has 2 aromatic rings. The summed E-state index contributed by atoms with van der Waals surface area (Å²) < 4.78 is 10.7. The van der Waals surface area contributed by atoms with E-state index in [4.69, 9.17) is 14.6 Å². The van der Waals surface area contributed by atoms with Gasteiger partial charge >= 0.3 is 5.91 Å². The van der Waals surface area contributed by atoms with Crippen LogP contribution in [0.5, 0.6) is 11.5 Å². The molecule has 0 fully saturated rings. The van der Waals surface area contributed by atoms with Gasteiger partial charge in [-0.2, -0.15) is 5.10 Å². The van der Waals surface area contributed by atoms with Gasteiger partial charge in [0.05, 0.1) is 31.4 Å². The first-order valence-electron chi connectivity index (χ1n) is 11.6. The number of nitrogens with zero attached hydrogens (tertiary/aromatic N) is 2. The van der Waals surface area contributed by atoms with Crippen molar-refractivity contribution in [3.05, 3.63) is 65.7 Å². The highest BCUT2D eigenvalue weighted by atomic mass is 16.5. The monoisotopic (exact) mass is 471 g/mol. The van der Waals surface area contributed by atoms with Crippen LogP contribution in [0.2, 0.25) is 0 Å². The lowest BCUT2D eigenvalue weighted by Crippen LogP contribution is -2.47. The first-order chi connectivity index (χ1) is 16.9. The van der Waals surface area contributed by atoms with E-state index in [1.807, 2.05) is 32.0 Å². The zero-order valence-electron chi connectivity index (χ0n) is 20.4. The highest BCUT2D eigenvalue weighted by Crippen LogP contribution is 2.36. The van der Waals surface area contributed by atoms with Crippen LogP contribution in [0.3, 0.4) is 0 Å². The second-order valence-corrected chi connectivity index (χ2v) is 8.77. The number of hydrogen-bond donors (Lipinski definition) is 1. The van der Waals surface area contributed by atoms with Gasteiger partial charge in [0.25, 0.3) is 0 Å². The fourth-order valence-electron chi connectivity index (χ4n) is 4.39. The Labute approximate surface area is 205 Å². The normalized spacial score (nSPS) is 18.8. The maximum absolute atomic E-state index is 13.0. The van der Waals surface area contributed by atoms with Crippen molar-refractivity contribution in [2.45, 2.75) is 32.7 Å². The van der Waals surface area contributed by atoms with E-state index < -0.39 is 5.91 Å². The number of carbonyl (C=O) groups is 2. The van der Waals surface area contributed by atoms with E-state index in [0.717, 1.165) is 17.7 Å². The Kier molecular flexibility index (Phi) is 7.21. The number of carbonyl (C=O) groups excluding carboxylic acids is 2. The van der Waals surface area contributed by atoms with Gasteiger partial charge in [0.1, 0.15) is 11.5 Å². The second kappa shape index (κ2) is 10.5. The maximum atomic E-state index is 13.0. The zero-order valence-corrected chi connectivity index (χ0v) is 20.4. The number of amides is 2. The Bertz CT molecular complexity index is 1250. The predicted octanol–water partition coefficient (Wildman–Crippen LogP) is 4.23. The van der Waals surface area contributed by atoms with Crippen LogP contribution in [0.1, 0.15) is 37.8 Å². The summed E-state index contributed by atoms with van der Waals surface area (Å²) in [5, 5.41) is 9.11. The van der Waals surface area contributed by atoms with Crippen LogP contribution in [0.4, 0.5) is 5.69 Å². The summed E-state index contributed by atoms with van der Waals surface area (Å²) in [5.41, 5.74) is 2.89. The van der Waals surface area contributed by atoms with Gasteiger partial charge in [-0.1, -0.05) is 24.1 Å². The molecule has 1 N–H and O–H groups in total. The predicted molar refractivity (Wildman–Crippen MR) is 135 cm³/mol. The largest absolute Gasteiger partial charge is 0.497 e. The highest BCUT2D eigenvalue weighted by molar-refractivity contribution is 6.07. The van der Waals surface area contributed by atoms with Crippen LogP contribution in [0, 0.1) is 23.7 Å². The van der Waals surface area contributed by atoms with Gasteiger partial charge in [-0.15, -0.1) is 0 Å². The van der Waals surface area contributed by atoms with Gasteiger partial charge in [0.15, 0.2) is 0 Å². The number of hydrogen-bond acceptors (Lipinski definition) is 5. The van der Waals surface area contributed by atoms with E-state index >= 15 is 0 Å². The lowest BCUT2D eigenvalue weighted by molar-refractivity contribution is -0.139. The van der Waals surface area contributed by atoms with Gasteiger partial charge < -0.3 is 14.8 Å². The summed E-state index contributed by atoms with van der Waals surface area (Å²) in [6, 6.07) is 12.7. The molecule has 0 spiro atoms. The van der Waals surface area contributed by atoms with Gasteiger partial charge in [-0.05, 0) is 62.6 Å². The third-order valence-corrected chi connectivity index (χ3v) is 6.16. The van der Waals surface area contributed by atoms with Crippen LogP contribution >= 0.6 is 0 Å². The Hall–Kier alpha value is -4.05. The summed E-state index contributed by atoms with van der Waals surface area (Å²) in [5.74, 6) is 6.29. The average Bonchev–Trinajstić information content (AvgIpc) is 2.87. The van der Waals surface area contributed by atoms with Crippen LogP contribution in [-0.2, 0) is 9.59 Å². The van der Waals surface area contributed by atoms with E-state index in [0.29, 0.717) is 29.2 Å². The Morgan fingerprint density at radius 1 is 1.09 bits per heavy atom. The number of rotatable bonds is 5. The molecule has 2 amide bonds. The van der Waals surface area contributed by atoms with Crippen molar-refractivity contribution in [1.82, 2.24) is 5.01 Å². The number of allylic oxidation sites excluding steroid dienone is 2. The summed E-state index contributed by atoms with van der Waals surface area (Å²) in [4.78, 5) is 25.5. The average molecular weight is 472 g/mol. The van der Waals surface area contributed by atoms with Crippen molar-refractivity contribution < 1.29 is 19.1 Å². The summed E-state index contributed by atoms with van der Waals surface area (Å²) in [6.45, 7) is 3.92. The number of nitrogens with one attached hydrogen (secondary N) is 1. The van der Waals surface area contributed by atoms with Gasteiger partial charge in [-0.3, -0.25) is 9.59 Å². The van der Waals surface area contributed by atoms with Crippen LogP contribution in [0.25, 0.3) is 0 Å². The van der Waals surface area contributed by atoms with E-state index in [2.05, 4.69) is 29.3 Å². The standard InChI is InChI=1S/C28H29N3O4/c1-18(2)31-28(33)24-11-6-5-10-23(24)27(30-31)20-12-14-25(35-4)19(16-20)13-15-26(32)29-21-8-7-9-22(17-21)34-3/h5-9,12,14,16-18,23-24H,10-11H2,1-4H3,(H,29,32)/t23-,24+/m0/s1. The molecule has 2 atom stereocenters. The first-order valence-corrected chi connectivity index (χ1v) is 11.6. The molecule has 1 aliphatic heterocycles. The zero-order chi connectivity index (χ0) is 24.9. The Morgan fingerprint density at radius 2 is 1.86 bits per heavy atom. The highest BCUT2D eigenvalue weighted by Gasteiger charge is 2.40. The molecule has 0 saturated heterocycles. The number of ether oxygens (including phenoxy) is 2. The molecule has 1 heterocycles. The van der Waals surface area contributed by atoms with E-state index in [1.54, 1.807) is 43.5 Å². The number of anilines is 1. The maximum Gasteiger partial charge on any atom is 0.300 e. The quantitative estimate of drug-likeness (QED) is 0.523. The molecule has 7 heteroatoms. The van der Waals surface area contributed by atoms with E-state index in [9.17, 15) is 9.59 Å². The molecular weight excluding hydrogens is 442 g/mol. The smallest absolute Gasteiger partial charge is 0.300 e. The minimum atomic E-state index is -0.449. The molecule has 0 saturated carbocycles. The van der Waals surface area contributed by atoms with Gasteiger partial charge in [0.2, 0.25) is 5.91 Å². The molecule has 7 nitrogen and oxygen atoms in total. The number of benzene rings is 2. The molecule has 0 aromatic heterocycles.